The lowest BCUT2D eigenvalue weighted by Crippen LogP contribution is -2.21. The highest BCUT2D eigenvalue weighted by atomic mass is 16.5. The van der Waals surface area contributed by atoms with E-state index in [4.69, 9.17) is 4.74 Å². The van der Waals surface area contributed by atoms with Crippen LogP contribution in [0.3, 0.4) is 0 Å². The van der Waals surface area contributed by atoms with Gasteiger partial charge in [0.15, 0.2) is 0 Å². The molecule has 0 spiro atoms. The molecule has 2 aromatic rings. The van der Waals surface area contributed by atoms with E-state index in [1.165, 1.54) is 56.9 Å². The first-order chi connectivity index (χ1) is 14.2. The molecule has 0 bridgehead atoms. The highest BCUT2D eigenvalue weighted by Gasteiger charge is 2.24. The normalized spacial score (nSPS) is 19.8. The van der Waals surface area contributed by atoms with Crippen LogP contribution >= 0.6 is 0 Å². The molecule has 1 aliphatic rings. The van der Waals surface area contributed by atoms with Gasteiger partial charge in [-0.1, -0.05) is 69.9 Å². The van der Waals surface area contributed by atoms with Crippen molar-refractivity contribution >= 4 is 0 Å². The summed E-state index contributed by atoms with van der Waals surface area (Å²) < 4.78 is 5.19. The minimum absolute atomic E-state index is 0.776. The fraction of sp³-hybridized carbons (Fsp3) is 0.500. The lowest BCUT2D eigenvalue weighted by Gasteiger charge is -2.32. The Morgan fingerprint density at radius 2 is 1.48 bits per heavy atom. The lowest BCUT2D eigenvalue weighted by molar-refractivity contribution is 0.205. The van der Waals surface area contributed by atoms with Crippen molar-refractivity contribution in [2.75, 3.05) is 7.11 Å². The minimum Gasteiger partial charge on any atom is -0.497 e. The molecule has 1 atom stereocenters. The number of methoxy groups -OCH3 is 1. The summed E-state index contributed by atoms with van der Waals surface area (Å²) in [6.45, 7) is 4.76. The Balaban J connectivity index is 1.49. The summed E-state index contributed by atoms with van der Waals surface area (Å²) in [6, 6.07) is 16.8. The monoisotopic (exact) mass is 388 g/mol. The Hall–Kier alpha value is -2.20. The Kier molecular flexibility index (Phi) is 8.24. The maximum Gasteiger partial charge on any atom is 0.118 e. The molecule has 1 aliphatic carbocycles. The van der Waals surface area contributed by atoms with Gasteiger partial charge in [0.25, 0.3) is 0 Å². The number of unbranched alkanes of at least 4 members (excludes halogenated alkanes) is 1. The third-order valence-corrected chi connectivity index (χ3v) is 6.61. The summed E-state index contributed by atoms with van der Waals surface area (Å²) in [5.74, 6) is 10.1. The van der Waals surface area contributed by atoms with Crippen molar-refractivity contribution in [3.05, 3.63) is 65.2 Å². The van der Waals surface area contributed by atoms with Gasteiger partial charge in [-0.05, 0) is 79.0 Å². The quantitative estimate of drug-likeness (QED) is 0.453. The van der Waals surface area contributed by atoms with Crippen molar-refractivity contribution in [2.45, 2.75) is 65.2 Å². The summed E-state index contributed by atoms with van der Waals surface area (Å²) in [6.07, 6.45) is 11.2. The number of hydrogen-bond donors (Lipinski definition) is 0. The van der Waals surface area contributed by atoms with Gasteiger partial charge in [-0.3, -0.25) is 0 Å². The van der Waals surface area contributed by atoms with Gasteiger partial charge in [0.2, 0.25) is 0 Å². The Labute approximate surface area is 177 Å². The standard InChI is InChI=1S/C28H36O/c1-4-5-6-23-13-17-27(18-14-23)22(2)21-26-11-9-24(10-12-26)7-8-25-15-19-28(29-3)20-16-25/h9-12,15-16,19-20,22-23,27H,4-6,13-14,17-18,21H2,1-3H3. The Morgan fingerprint density at radius 1 is 0.897 bits per heavy atom. The smallest absolute Gasteiger partial charge is 0.118 e. The predicted molar refractivity (Wildman–Crippen MR) is 123 cm³/mol. The van der Waals surface area contributed by atoms with Crippen LogP contribution in [0.5, 0.6) is 5.75 Å². The molecule has 1 heteroatoms. The molecular weight excluding hydrogens is 352 g/mol. The van der Waals surface area contributed by atoms with Crippen LogP contribution in [0.1, 0.15) is 75.5 Å². The first-order valence-electron chi connectivity index (χ1n) is 11.4. The van der Waals surface area contributed by atoms with Crippen LogP contribution in [-0.4, -0.2) is 7.11 Å². The zero-order chi connectivity index (χ0) is 20.5. The second-order valence-corrected chi connectivity index (χ2v) is 8.78. The summed E-state index contributed by atoms with van der Waals surface area (Å²) in [4.78, 5) is 0. The van der Waals surface area contributed by atoms with Crippen LogP contribution in [-0.2, 0) is 6.42 Å². The molecule has 0 saturated heterocycles. The summed E-state index contributed by atoms with van der Waals surface area (Å²) in [5.41, 5.74) is 3.53. The highest BCUT2D eigenvalue weighted by Crippen LogP contribution is 2.36. The summed E-state index contributed by atoms with van der Waals surface area (Å²) >= 11 is 0. The average molecular weight is 389 g/mol. The van der Waals surface area contributed by atoms with Crippen LogP contribution in [0.25, 0.3) is 0 Å². The molecule has 0 heterocycles. The fourth-order valence-corrected chi connectivity index (χ4v) is 4.62. The van der Waals surface area contributed by atoms with E-state index < -0.39 is 0 Å². The lowest BCUT2D eigenvalue weighted by atomic mass is 9.73. The predicted octanol–water partition coefficient (Wildman–Crippen LogP) is 7.27. The Bertz CT molecular complexity index is 783. The SMILES string of the molecule is CCCCC1CCC(C(C)Cc2ccc(C#Cc3ccc(OC)cc3)cc2)CC1. The van der Waals surface area contributed by atoms with Gasteiger partial charge >= 0.3 is 0 Å². The largest absolute Gasteiger partial charge is 0.497 e. The Morgan fingerprint density at radius 3 is 2.03 bits per heavy atom. The minimum atomic E-state index is 0.776. The molecule has 0 radical (unpaired) electrons. The van der Waals surface area contributed by atoms with Gasteiger partial charge in [-0.25, -0.2) is 0 Å². The van der Waals surface area contributed by atoms with Crippen LogP contribution in [0.15, 0.2) is 48.5 Å². The van der Waals surface area contributed by atoms with E-state index in [0.717, 1.165) is 34.6 Å². The van der Waals surface area contributed by atoms with Crippen molar-refractivity contribution in [3.8, 4) is 17.6 Å². The maximum absolute atomic E-state index is 5.19. The van der Waals surface area contributed by atoms with E-state index >= 15 is 0 Å². The molecule has 0 aromatic heterocycles. The molecule has 154 valence electrons. The molecule has 1 fully saturated rings. The molecular formula is C28H36O. The summed E-state index contributed by atoms with van der Waals surface area (Å²) in [7, 11) is 1.68. The van der Waals surface area contributed by atoms with Gasteiger partial charge in [-0.2, -0.15) is 0 Å². The van der Waals surface area contributed by atoms with E-state index in [1.54, 1.807) is 7.11 Å². The van der Waals surface area contributed by atoms with Crippen molar-refractivity contribution < 1.29 is 4.74 Å². The first kappa shape index (κ1) is 21.5. The summed E-state index contributed by atoms with van der Waals surface area (Å²) in [5, 5.41) is 0. The molecule has 2 aromatic carbocycles. The van der Waals surface area contributed by atoms with Crippen molar-refractivity contribution in [1.82, 2.24) is 0 Å². The molecule has 1 unspecified atom stereocenters. The van der Waals surface area contributed by atoms with Crippen LogP contribution in [0.4, 0.5) is 0 Å². The molecule has 0 aliphatic heterocycles. The maximum atomic E-state index is 5.19. The van der Waals surface area contributed by atoms with E-state index in [2.05, 4.69) is 50.0 Å². The van der Waals surface area contributed by atoms with Crippen molar-refractivity contribution in [2.24, 2.45) is 17.8 Å². The van der Waals surface area contributed by atoms with E-state index in [-0.39, 0.29) is 0 Å². The van der Waals surface area contributed by atoms with Gasteiger partial charge in [0.05, 0.1) is 7.11 Å². The third-order valence-electron chi connectivity index (χ3n) is 6.61. The van der Waals surface area contributed by atoms with Gasteiger partial charge in [0.1, 0.15) is 5.75 Å². The molecule has 0 N–H and O–H groups in total. The number of hydrogen-bond acceptors (Lipinski definition) is 1. The number of rotatable bonds is 7. The first-order valence-corrected chi connectivity index (χ1v) is 11.4. The fourth-order valence-electron chi connectivity index (χ4n) is 4.62. The topological polar surface area (TPSA) is 9.23 Å². The van der Waals surface area contributed by atoms with Crippen molar-refractivity contribution in [1.29, 1.82) is 0 Å². The average Bonchev–Trinajstić information content (AvgIpc) is 2.78. The highest BCUT2D eigenvalue weighted by molar-refractivity contribution is 5.44. The molecule has 1 saturated carbocycles. The van der Waals surface area contributed by atoms with Gasteiger partial charge in [-0.15, -0.1) is 0 Å². The van der Waals surface area contributed by atoms with Crippen LogP contribution in [0.2, 0.25) is 0 Å². The van der Waals surface area contributed by atoms with Gasteiger partial charge in [0, 0.05) is 11.1 Å². The van der Waals surface area contributed by atoms with E-state index in [1.807, 2.05) is 24.3 Å². The van der Waals surface area contributed by atoms with Gasteiger partial charge < -0.3 is 4.74 Å². The zero-order valence-corrected chi connectivity index (χ0v) is 18.4. The van der Waals surface area contributed by atoms with E-state index in [9.17, 15) is 0 Å². The zero-order valence-electron chi connectivity index (χ0n) is 18.4. The van der Waals surface area contributed by atoms with Crippen LogP contribution < -0.4 is 4.74 Å². The molecule has 1 nitrogen and oxygen atoms in total. The number of benzene rings is 2. The molecule has 3 rings (SSSR count). The molecule has 0 amide bonds. The third kappa shape index (κ3) is 6.67. The second-order valence-electron chi connectivity index (χ2n) is 8.78. The van der Waals surface area contributed by atoms with E-state index in [0.29, 0.717) is 0 Å². The van der Waals surface area contributed by atoms with Crippen LogP contribution in [0, 0.1) is 29.6 Å². The second kappa shape index (κ2) is 11.1. The number of ether oxygens (including phenoxy) is 1. The molecule has 29 heavy (non-hydrogen) atoms. The van der Waals surface area contributed by atoms with Crippen molar-refractivity contribution in [3.63, 3.8) is 0 Å².